The molecule has 0 bridgehead atoms. The van der Waals surface area contributed by atoms with Gasteiger partial charge in [-0.15, -0.1) is 0 Å². The van der Waals surface area contributed by atoms with Crippen molar-refractivity contribution in [1.82, 2.24) is 10.3 Å². The summed E-state index contributed by atoms with van der Waals surface area (Å²) in [4.78, 5) is 3.51. The van der Waals surface area contributed by atoms with Gasteiger partial charge in [-0.25, -0.2) is 0 Å². The molecular weight excluding hydrogens is 208 g/mol. The van der Waals surface area contributed by atoms with Crippen molar-refractivity contribution in [1.29, 1.82) is 0 Å². The molecule has 1 aromatic heterocycles. The fraction of sp³-hybridized carbons (Fsp3) is 0.467. The van der Waals surface area contributed by atoms with Crippen LogP contribution in [0, 0.1) is 20.8 Å². The lowest BCUT2D eigenvalue weighted by molar-refractivity contribution is 0.716. The van der Waals surface area contributed by atoms with Crippen molar-refractivity contribution < 1.29 is 0 Å². The highest BCUT2D eigenvalue weighted by Crippen LogP contribution is 2.27. The van der Waals surface area contributed by atoms with Gasteiger partial charge < -0.3 is 10.3 Å². The van der Waals surface area contributed by atoms with E-state index < -0.39 is 0 Å². The van der Waals surface area contributed by atoms with Gasteiger partial charge in [-0.05, 0) is 63.0 Å². The van der Waals surface area contributed by atoms with Crippen LogP contribution in [0.3, 0.4) is 0 Å². The van der Waals surface area contributed by atoms with Gasteiger partial charge in [-0.1, -0.05) is 13.0 Å². The van der Waals surface area contributed by atoms with Crippen molar-refractivity contribution in [2.24, 2.45) is 0 Å². The van der Waals surface area contributed by atoms with Crippen LogP contribution in [-0.4, -0.2) is 18.1 Å². The number of aromatic nitrogens is 1. The van der Waals surface area contributed by atoms with E-state index in [0.717, 1.165) is 19.5 Å². The number of aromatic amines is 1. The Balaban J connectivity index is 2.43. The second kappa shape index (κ2) is 4.92. The molecule has 0 radical (unpaired) electrons. The zero-order valence-electron chi connectivity index (χ0n) is 11.3. The zero-order chi connectivity index (χ0) is 12.4. The minimum Gasteiger partial charge on any atom is -0.358 e. The molecule has 0 saturated carbocycles. The second-order valence-corrected chi connectivity index (χ2v) is 4.84. The summed E-state index contributed by atoms with van der Waals surface area (Å²) in [5.41, 5.74) is 6.78. The first-order chi connectivity index (χ1) is 8.13. The molecule has 2 aromatic rings. The number of benzene rings is 1. The first-order valence-corrected chi connectivity index (χ1v) is 6.42. The Morgan fingerprint density at radius 1 is 1.18 bits per heavy atom. The quantitative estimate of drug-likeness (QED) is 0.775. The van der Waals surface area contributed by atoms with Gasteiger partial charge in [-0.3, -0.25) is 0 Å². The minimum absolute atomic E-state index is 1.04. The Morgan fingerprint density at radius 2 is 1.94 bits per heavy atom. The molecule has 2 heteroatoms. The van der Waals surface area contributed by atoms with E-state index >= 15 is 0 Å². The fourth-order valence-corrected chi connectivity index (χ4v) is 2.63. The molecule has 0 aliphatic heterocycles. The molecule has 0 amide bonds. The summed E-state index contributed by atoms with van der Waals surface area (Å²) >= 11 is 0. The lowest BCUT2D eigenvalue weighted by Crippen LogP contribution is -2.16. The maximum atomic E-state index is 3.51. The van der Waals surface area contributed by atoms with E-state index in [0.29, 0.717) is 0 Å². The summed E-state index contributed by atoms with van der Waals surface area (Å²) in [6, 6.07) is 4.51. The van der Waals surface area contributed by atoms with Crippen LogP contribution >= 0.6 is 0 Å². The number of H-pyrrole nitrogens is 1. The maximum Gasteiger partial charge on any atom is 0.0464 e. The average Bonchev–Trinajstić information content (AvgIpc) is 2.55. The van der Waals surface area contributed by atoms with Crippen molar-refractivity contribution in [2.75, 3.05) is 13.1 Å². The van der Waals surface area contributed by atoms with E-state index in [2.05, 4.69) is 50.1 Å². The monoisotopic (exact) mass is 230 g/mol. The topological polar surface area (TPSA) is 27.8 Å². The Kier molecular flexibility index (Phi) is 3.53. The van der Waals surface area contributed by atoms with Crippen LogP contribution in [0.4, 0.5) is 0 Å². The number of likely N-dealkylation sites (N-methyl/N-ethyl adjacent to an activating group) is 1. The van der Waals surface area contributed by atoms with E-state index in [-0.39, 0.29) is 0 Å². The Morgan fingerprint density at radius 3 is 2.65 bits per heavy atom. The highest BCUT2D eigenvalue weighted by Gasteiger charge is 2.10. The molecule has 0 fully saturated rings. The second-order valence-electron chi connectivity index (χ2n) is 4.84. The number of aryl methyl sites for hydroxylation is 3. The predicted molar refractivity (Wildman–Crippen MR) is 74.8 cm³/mol. The standard InChI is InChI=1S/C15H22N2/c1-5-16-7-6-13-12(4)17-14-9-10(2)8-11(3)15(13)14/h8-9,16-17H,5-7H2,1-4H3. The molecule has 0 unspecified atom stereocenters. The normalized spacial score (nSPS) is 11.3. The van der Waals surface area contributed by atoms with Crippen molar-refractivity contribution in [3.8, 4) is 0 Å². The SMILES string of the molecule is CCNCCc1c(C)[nH]c2cc(C)cc(C)c12. The van der Waals surface area contributed by atoms with Gasteiger partial charge in [-0.2, -0.15) is 0 Å². The summed E-state index contributed by atoms with van der Waals surface area (Å²) < 4.78 is 0. The van der Waals surface area contributed by atoms with Crippen LogP contribution in [0.1, 0.15) is 29.3 Å². The minimum atomic E-state index is 1.04. The van der Waals surface area contributed by atoms with Gasteiger partial charge >= 0.3 is 0 Å². The summed E-state index contributed by atoms with van der Waals surface area (Å²) in [5.74, 6) is 0. The Bertz CT molecular complexity index is 523. The van der Waals surface area contributed by atoms with E-state index in [9.17, 15) is 0 Å². The summed E-state index contributed by atoms with van der Waals surface area (Å²) in [5, 5.41) is 4.82. The van der Waals surface area contributed by atoms with E-state index in [4.69, 9.17) is 0 Å². The molecule has 0 saturated heterocycles. The van der Waals surface area contributed by atoms with Gasteiger partial charge in [0.15, 0.2) is 0 Å². The van der Waals surface area contributed by atoms with E-state index in [1.807, 2.05) is 0 Å². The van der Waals surface area contributed by atoms with Crippen LogP contribution in [0.25, 0.3) is 10.9 Å². The highest BCUT2D eigenvalue weighted by molar-refractivity contribution is 5.88. The van der Waals surface area contributed by atoms with Crippen molar-refractivity contribution in [3.63, 3.8) is 0 Å². The summed E-state index contributed by atoms with van der Waals surface area (Å²) in [6.07, 6.45) is 1.10. The van der Waals surface area contributed by atoms with Gasteiger partial charge in [0.2, 0.25) is 0 Å². The molecular formula is C15H22N2. The van der Waals surface area contributed by atoms with Crippen molar-refractivity contribution >= 4 is 10.9 Å². The number of fused-ring (bicyclic) bond motifs is 1. The molecule has 92 valence electrons. The third kappa shape index (κ3) is 2.37. The van der Waals surface area contributed by atoms with Gasteiger partial charge in [0.25, 0.3) is 0 Å². The Hall–Kier alpha value is -1.28. The van der Waals surface area contributed by atoms with Crippen LogP contribution in [0.5, 0.6) is 0 Å². The summed E-state index contributed by atoms with van der Waals surface area (Å²) in [7, 11) is 0. The third-order valence-electron chi connectivity index (χ3n) is 3.36. The smallest absolute Gasteiger partial charge is 0.0464 e. The van der Waals surface area contributed by atoms with E-state index in [1.165, 1.54) is 33.3 Å². The van der Waals surface area contributed by atoms with Crippen LogP contribution in [0.2, 0.25) is 0 Å². The number of hydrogen-bond acceptors (Lipinski definition) is 1. The van der Waals surface area contributed by atoms with E-state index in [1.54, 1.807) is 0 Å². The fourth-order valence-electron chi connectivity index (χ4n) is 2.63. The number of rotatable bonds is 4. The maximum absolute atomic E-state index is 3.51. The van der Waals surface area contributed by atoms with Crippen molar-refractivity contribution in [3.05, 3.63) is 34.5 Å². The van der Waals surface area contributed by atoms with Gasteiger partial charge in [0, 0.05) is 16.6 Å². The average molecular weight is 230 g/mol. The van der Waals surface area contributed by atoms with Gasteiger partial charge in [0.05, 0.1) is 0 Å². The Labute approximate surface area is 103 Å². The molecule has 0 aliphatic rings. The predicted octanol–water partition coefficient (Wildman–Crippen LogP) is 3.25. The zero-order valence-corrected chi connectivity index (χ0v) is 11.3. The highest BCUT2D eigenvalue weighted by atomic mass is 14.8. The molecule has 2 nitrogen and oxygen atoms in total. The molecule has 1 heterocycles. The molecule has 2 N–H and O–H groups in total. The molecule has 1 aromatic carbocycles. The molecule has 0 aliphatic carbocycles. The third-order valence-corrected chi connectivity index (χ3v) is 3.36. The number of nitrogens with one attached hydrogen (secondary N) is 2. The molecule has 2 rings (SSSR count). The molecule has 0 spiro atoms. The van der Waals surface area contributed by atoms with Gasteiger partial charge in [0.1, 0.15) is 0 Å². The molecule has 17 heavy (non-hydrogen) atoms. The number of hydrogen-bond donors (Lipinski definition) is 2. The largest absolute Gasteiger partial charge is 0.358 e. The first-order valence-electron chi connectivity index (χ1n) is 6.42. The van der Waals surface area contributed by atoms with Crippen LogP contribution in [-0.2, 0) is 6.42 Å². The van der Waals surface area contributed by atoms with Crippen molar-refractivity contribution in [2.45, 2.75) is 34.1 Å². The van der Waals surface area contributed by atoms with Crippen LogP contribution in [0.15, 0.2) is 12.1 Å². The van der Waals surface area contributed by atoms with Crippen LogP contribution < -0.4 is 5.32 Å². The lowest BCUT2D eigenvalue weighted by atomic mass is 10.0. The summed E-state index contributed by atoms with van der Waals surface area (Å²) in [6.45, 7) is 10.8. The molecule has 0 atom stereocenters. The first kappa shape index (κ1) is 12.2. The lowest BCUT2D eigenvalue weighted by Gasteiger charge is -2.05.